The molecule has 3 aliphatic carbocycles. The Morgan fingerprint density at radius 1 is 0.321 bits per heavy atom. The molecule has 20 nitrogen and oxygen atoms in total. The molecule has 0 saturated heterocycles. The lowest BCUT2D eigenvalue weighted by atomic mass is 9.92. The normalized spacial score (nSPS) is 19.4. The van der Waals surface area contributed by atoms with Gasteiger partial charge in [0, 0.05) is 104 Å². The second-order valence-corrected chi connectivity index (χ2v) is 30.3. The summed E-state index contributed by atoms with van der Waals surface area (Å²) in [6, 6.07) is 65.2. The zero-order valence-electron chi connectivity index (χ0n) is 62.6. The van der Waals surface area contributed by atoms with Gasteiger partial charge in [0.15, 0.2) is 17.3 Å². The molecule has 0 radical (unpaired) electrons. The number of Topliss-reactive ketones (excluding diaryl/α,β-unsaturated/α-hetero) is 6. The van der Waals surface area contributed by atoms with Gasteiger partial charge in [0.05, 0.1) is 69.3 Å². The van der Waals surface area contributed by atoms with Gasteiger partial charge in [-0.1, -0.05) is 146 Å². The van der Waals surface area contributed by atoms with Crippen LogP contribution in [0.1, 0.15) is 156 Å². The van der Waals surface area contributed by atoms with Crippen molar-refractivity contribution in [1.82, 2.24) is 24.5 Å². The maximum absolute atomic E-state index is 13.1. The minimum atomic E-state index is -0.531. The molecule has 3 unspecified atom stereocenters. The Morgan fingerprint density at radius 3 is 1.14 bits per heavy atom. The monoisotopic (exact) mass is 1500 g/mol. The quantitative estimate of drug-likeness (QED) is 0.0729. The van der Waals surface area contributed by atoms with E-state index in [2.05, 4.69) is 124 Å². The van der Waals surface area contributed by atoms with Gasteiger partial charge in [-0.2, -0.15) is 0 Å². The molecule has 3 amide bonds. The van der Waals surface area contributed by atoms with Crippen molar-refractivity contribution in [2.45, 2.75) is 155 Å². The number of anilines is 1. The Morgan fingerprint density at radius 2 is 0.688 bits per heavy atom. The Bertz CT molecular complexity index is 5120. The lowest BCUT2D eigenvalue weighted by molar-refractivity contribution is -0.134. The van der Waals surface area contributed by atoms with E-state index < -0.39 is 18.1 Å². The molecule has 0 aromatic heterocycles. The van der Waals surface area contributed by atoms with Crippen molar-refractivity contribution in [3.8, 4) is 28.7 Å². The van der Waals surface area contributed by atoms with Crippen LogP contribution in [0.2, 0.25) is 0 Å². The Labute approximate surface area is 650 Å². The van der Waals surface area contributed by atoms with E-state index in [9.17, 15) is 43.2 Å². The molecule has 0 N–H and O–H groups in total. The van der Waals surface area contributed by atoms with Crippen LogP contribution < -0.4 is 28.6 Å². The largest absolute Gasteiger partial charge is 0.492 e. The summed E-state index contributed by atoms with van der Waals surface area (Å²) >= 11 is 0. The van der Waals surface area contributed by atoms with Gasteiger partial charge < -0.3 is 43.3 Å². The molecule has 6 heterocycles. The highest BCUT2D eigenvalue weighted by Crippen LogP contribution is 2.40. The van der Waals surface area contributed by atoms with E-state index in [0.717, 1.165) is 109 Å². The molecule has 9 aromatic carbocycles. The second kappa shape index (κ2) is 33.4. The summed E-state index contributed by atoms with van der Waals surface area (Å²) in [5, 5.41) is 0. The first-order chi connectivity index (χ1) is 54.7. The number of ketones is 6. The second-order valence-electron chi connectivity index (χ2n) is 30.3. The van der Waals surface area contributed by atoms with E-state index in [1.54, 1.807) is 32.9 Å². The van der Waals surface area contributed by atoms with Crippen LogP contribution in [0.3, 0.4) is 0 Å². The number of hydrogen-bond donors (Lipinski definition) is 0. The maximum atomic E-state index is 13.1. The van der Waals surface area contributed by atoms with Crippen LogP contribution >= 0.6 is 0 Å². The molecule has 3 atom stereocenters. The minimum Gasteiger partial charge on any atom is -0.492 e. The predicted octanol–water partition coefficient (Wildman–Crippen LogP) is 13.1. The summed E-state index contributed by atoms with van der Waals surface area (Å²) < 4.78 is 30.1. The molecule has 18 rings (SSSR count). The molecule has 0 spiro atoms. The molecule has 6 aliphatic heterocycles. The van der Waals surface area contributed by atoms with Crippen LogP contribution in [0.15, 0.2) is 200 Å². The zero-order chi connectivity index (χ0) is 76.8. The first-order valence-corrected chi connectivity index (χ1v) is 38.9. The van der Waals surface area contributed by atoms with Gasteiger partial charge in [0.2, 0.25) is 0 Å². The highest BCUT2D eigenvalue weighted by Gasteiger charge is 2.43. The van der Waals surface area contributed by atoms with E-state index in [4.69, 9.17) is 23.7 Å². The topological polar surface area (TPSA) is 219 Å². The van der Waals surface area contributed by atoms with Crippen LogP contribution in [0.5, 0.6) is 28.7 Å². The average molecular weight is 1500 g/mol. The van der Waals surface area contributed by atoms with Crippen LogP contribution in [0.25, 0.3) is 0 Å². The number of para-hydroxylation sites is 3. The first kappa shape index (κ1) is 74.2. The maximum Gasteiger partial charge on any atom is 0.255 e. The number of carbonyl (C=O) groups excluding carboxylic acids is 9. The summed E-state index contributed by atoms with van der Waals surface area (Å²) in [6.07, 6.45) is 3.09. The summed E-state index contributed by atoms with van der Waals surface area (Å²) in [6.45, 7) is 10.7. The van der Waals surface area contributed by atoms with E-state index in [1.165, 1.54) is 33.4 Å². The molecular weight excluding hydrogens is 1410 g/mol. The lowest BCUT2D eigenvalue weighted by Gasteiger charge is -2.31. The van der Waals surface area contributed by atoms with Gasteiger partial charge in [-0.25, -0.2) is 0 Å². The highest BCUT2D eigenvalue weighted by molar-refractivity contribution is 6.10. The smallest absolute Gasteiger partial charge is 0.255 e. The lowest BCUT2D eigenvalue weighted by Crippen LogP contribution is -2.44. The minimum absolute atomic E-state index is 0.0401. The van der Waals surface area contributed by atoms with Crippen LogP contribution in [0.4, 0.5) is 5.69 Å². The van der Waals surface area contributed by atoms with Crippen molar-refractivity contribution in [2.24, 2.45) is 0 Å². The molecule has 3 fully saturated rings. The summed E-state index contributed by atoms with van der Waals surface area (Å²) in [5.41, 5.74) is 16.2. The molecule has 9 aromatic rings. The van der Waals surface area contributed by atoms with Crippen molar-refractivity contribution in [3.63, 3.8) is 0 Å². The van der Waals surface area contributed by atoms with Gasteiger partial charge >= 0.3 is 0 Å². The number of rotatable bonds is 18. The molecule has 9 aliphatic rings. The molecule has 20 heteroatoms. The number of hydrogen-bond acceptors (Lipinski definition) is 17. The summed E-state index contributed by atoms with van der Waals surface area (Å²) in [7, 11) is 0. The molecular formula is C92H88N6O14. The third-order valence-corrected chi connectivity index (χ3v) is 22.8. The van der Waals surface area contributed by atoms with Crippen LogP contribution in [-0.2, 0) is 107 Å². The van der Waals surface area contributed by atoms with Crippen molar-refractivity contribution in [1.29, 1.82) is 0 Å². The molecule has 0 bridgehead atoms. The summed E-state index contributed by atoms with van der Waals surface area (Å²) in [5.74, 6) is 2.77. The molecule has 112 heavy (non-hydrogen) atoms. The standard InChI is InChI=1S/C31H30N2O5.C31H30N2O4.C30H28N2O5/c34-24-12-13-27(28(35)16-24)33-19-26-25(31(33)36)5-3-7-30(26)38-20-22-10-8-21(9-11-22)17-32-14-15-37-29-6-2-1-4-23(29)18-32;34-25-12-13-28(29(35)16-25)33-19-27-26(31(33)36)6-3-7-30(27)37-20-22-10-8-21(9-11-22)17-32-15-14-23-4-1-2-5-24(23)18-32;33-22-12-13-25(27(34)16-22)32-18-24-23(30(32)35)4-3-7-28(24)37-19-21-10-8-20(9-11-21)17-31-14-15-36-29-6-2-1-5-26(29)31/h1-11,27H,12-20H2;1-11,28H,12-20H2;1-11,25H,12-19H2. The Hall–Kier alpha value is -11.9. The van der Waals surface area contributed by atoms with E-state index in [-0.39, 0.29) is 71.7 Å². The SMILES string of the molecule is O=C1CCC(N2Cc3c(OCc4ccc(CN5CCOc6ccccc65)cc4)cccc3C2=O)C(=O)C1.O=C1CCC(N2Cc3c(OCc4ccc(CN5CCOc6ccccc6C5)cc4)cccc3C2=O)C(=O)C1.O=C1CCC(N2Cc3c(OCc4ccc(CN5CCc6ccccc6C5)cc4)cccc3C2=O)C(=O)C1. The number of carbonyl (C=O) groups is 9. The van der Waals surface area contributed by atoms with Crippen molar-refractivity contribution in [2.75, 3.05) is 37.7 Å². The van der Waals surface area contributed by atoms with E-state index in [0.29, 0.717) is 125 Å². The van der Waals surface area contributed by atoms with Gasteiger partial charge in [-0.05, 0) is 125 Å². The Balaban J connectivity index is 0.000000127. The van der Waals surface area contributed by atoms with Crippen molar-refractivity contribution < 1.29 is 66.8 Å². The average Bonchev–Trinajstić information content (AvgIpc) is 1.63. The number of nitrogens with zero attached hydrogens (tertiary/aromatic N) is 6. The summed E-state index contributed by atoms with van der Waals surface area (Å²) in [4.78, 5) is 123. The zero-order valence-corrected chi connectivity index (χ0v) is 62.6. The number of fused-ring (bicyclic) bond motifs is 6. The predicted molar refractivity (Wildman–Crippen MR) is 418 cm³/mol. The van der Waals surface area contributed by atoms with Gasteiger partial charge in [-0.3, -0.25) is 53.0 Å². The van der Waals surface area contributed by atoms with Gasteiger partial charge in [0.25, 0.3) is 17.7 Å². The first-order valence-electron chi connectivity index (χ1n) is 38.9. The van der Waals surface area contributed by atoms with Gasteiger partial charge in [0.1, 0.15) is 79.1 Å². The third-order valence-electron chi connectivity index (χ3n) is 22.8. The fourth-order valence-electron chi connectivity index (χ4n) is 16.7. The Kier molecular flexibility index (Phi) is 22.1. The molecule has 570 valence electrons. The highest BCUT2D eigenvalue weighted by atomic mass is 16.5. The number of benzene rings is 9. The molecule has 3 saturated carbocycles. The number of amides is 3. The fraction of sp³-hybridized carbons (Fsp3) is 0.315. The van der Waals surface area contributed by atoms with E-state index >= 15 is 0 Å². The third kappa shape index (κ3) is 16.6. The van der Waals surface area contributed by atoms with Crippen molar-refractivity contribution >= 4 is 58.1 Å². The van der Waals surface area contributed by atoms with Crippen LogP contribution in [0, 0.1) is 0 Å². The fourth-order valence-corrected chi connectivity index (χ4v) is 16.7. The van der Waals surface area contributed by atoms with E-state index in [1.807, 2.05) is 72.8 Å². The number of ether oxygens (including phenoxy) is 5. The van der Waals surface area contributed by atoms with Crippen LogP contribution in [-0.4, -0.2) is 128 Å². The van der Waals surface area contributed by atoms with Crippen molar-refractivity contribution in [3.05, 3.63) is 284 Å². The van der Waals surface area contributed by atoms with Gasteiger partial charge in [-0.15, -0.1) is 0 Å².